The normalized spacial score (nSPS) is 17.4. The summed E-state index contributed by atoms with van der Waals surface area (Å²) in [5.41, 5.74) is 0.313. The highest BCUT2D eigenvalue weighted by molar-refractivity contribution is 5.73. The summed E-state index contributed by atoms with van der Waals surface area (Å²) in [5.74, 6) is 0.691. The van der Waals surface area contributed by atoms with Crippen LogP contribution in [0.2, 0.25) is 0 Å². The van der Waals surface area contributed by atoms with E-state index < -0.39 is 0 Å². The first-order valence-electron chi connectivity index (χ1n) is 7.41. The van der Waals surface area contributed by atoms with E-state index >= 15 is 0 Å². The van der Waals surface area contributed by atoms with Gasteiger partial charge in [-0.1, -0.05) is 27.7 Å². The van der Waals surface area contributed by atoms with Crippen LogP contribution in [-0.4, -0.2) is 30.8 Å². The lowest BCUT2D eigenvalue weighted by Gasteiger charge is -2.24. The molecule has 0 aliphatic heterocycles. The van der Waals surface area contributed by atoms with Crippen molar-refractivity contribution >= 4 is 6.03 Å². The zero-order valence-electron chi connectivity index (χ0n) is 12.9. The summed E-state index contributed by atoms with van der Waals surface area (Å²) in [6, 6.07) is -0.0824. The molecule has 1 rings (SSSR count). The third kappa shape index (κ3) is 6.28. The van der Waals surface area contributed by atoms with Crippen molar-refractivity contribution in [2.24, 2.45) is 16.7 Å². The van der Waals surface area contributed by atoms with Crippen molar-refractivity contribution < 1.29 is 9.90 Å². The molecule has 1 aliphatic carbocycles. The van der Waals surface area contributed by atoms with Crippen LogP contribution in [0, 0.1) is 16.7 Å². The van der Waals surface area contributed by atoms with Gasteiger partial charge in [-0.25, -0.2) is 4.79 Å². The maximum Gasteiger partial charge on any atom is 0.314 e. The number of hydrogen-bond acceptors (Lipinski definition) is 2. The minimum atomic E-state index is -0.0824. The molecule has 0 heterocycles. The van der Waals surface area contributed by atoms with E-state index in [2.05, 4.69) is 24.5 Å². The largest absolute Gasteiger partial charge is 0.396 e. The standard InChI is InChI=1S/C15H30N2O2/c1-12(2)9-15(5-6-15)11-17-13(19)16-10-14(3,4)7-8-18/h12,18H,5-11H2,1-4H3,(H2,16,17,19). The molecule has 19 heavy (non-hydrogen) atoms. The van der Waals surface area contributed by atoms with Gasteiger partial charge in [-0.15, -0.1) is 0 Å². The van der Waals surface area contributed by atoms with Gasteiger partial charge in [0.15, 0.2) is 0 Å². The SMILES string of the molecule is CC(C)CC1(CNC(=O)NCC(C)(C)CCO)CC1. The van der Waals surface area contributed by atoms with Gasteiger partial charge in [-0.3, -0.25) is 0 Å². The lowest BCUT2D eigenvalue weighted by molar-refractivity contribution is 0.200. The average molecular weight is 270 g/mol. The summed E-state index contributed by atoms with van der Waals surface area (Å²) >= 11 is 0. The van der Waals surface area contributed by atoms with E-state index in [9.17, 15) is 4.79 Å². The third-order valence-corrected chi connectivity index (χ3v) is 3.94. The molecule has 0 unspecified atom stereocenters. The molecule has 0 radical (unpaired) electrons. The van der Waals surface area contributed by atoms with Crippen LogP contribution in [0.25, 0.3) is 0 Å². The number of aliphatic hydroxyl groups excluding tert-OH is 1. The summed E-state index contributed by atoms with van der Waals surface area (Å²) in [6.45, 7) is 10.1. The zero-order valence-corrected chi connectivity index (χ0v) is 12.9. The minimum Gasteiger partial charge on any atom is -0.396 e. The fourth-order valence-electron chi connectivity index (χ4n) is 2.54. The van der Waals surface area contributed by atoms with Crippen molar-refractivity contribution in [1.82, 2.24) is 10.6 Å². The van der Waals surface area contributed by atoms with E-state index in [0.29, 0.717) is 24.3 Å². The maximum atomic E-state index is 11.8. The van der Waals surface area contributed by atoms with Crippen molar-refractivity contribution in [2.75, 3.05) is 19.7 Å². The van der Waals surface area contributed by atoms with Gasteiger partial charge in [0.05, 0.1) is 0 Å². The van der Waals surface area contributed by atoms with Crippen LogP contribution in [0.3, 0.4) is 0 Å². The smallest absolute Gasteiger partial charge is 0.314 e. The number of carbonyl (C=O) groups excluding carboxylic acids is 1. The van der Waals surface area contributed by atoms with Gasteiger partial charge < -0.3 is 15.7 Å². The average Bonchev–Trinajstić information content (AvgIpc) is 3.03. The van der Waals surface area contributed by atoms with Crippen molar-refractivity contribution in [1.29, 1.82) is 0 Å². The highest BCUT2D eigenvalue weighted by Gasteiger charge is 2.42. The summed E-state index contributed by atoms with van der Waals surface area (Å²) in [6.07, 6.45) is 4.37. The summed E-state index contributed by atoms with van der Waals surface area (Å²) < 4.78 is 0. The topological polar surface area (TPSA) is 61.4 Å². The Hall–Kier alpha value is -0.770. The molecule has 2 amide bonds. The molecule has 0 aromatic heterocycles. The Balaban J connectivity index is 2.22. The molecule has 3 N–H and O–H groups in total. The fraction of sp³-hybridized carbons (Fsp3) is 0.933. The van der Waals surface area contributed by atoms with E-state index in [1.54, 1.807) is 0 Å². The van der Waals surface area contributed by atoms with Crippen LogP contribution in [0.5, 0.6) is 0 Å². The van der Waals surface area contributed by atoms with Crippen LogP contribution in [0.4, 0.5) is 4.79 Å². The number of rotatable bonds is 8. The van der Waals surface area contributed by atoms with Crippen molar-refractivity contribution in [3.8, 4) is 0 Å². The third-order valence-electron chi connectivity index (χ3n) is 3.94. The second-order valence-electron chi connectivity index (χ2n) is 7.27. The Kier molecular flexibility index (Phi) is 5.65. The van der Waals surface area contributed by atoms with Crippen molar-refractivity contribution in [3.63, 3.8) is 0 Å². The highest BCUT2D eigenvalue weighted by atomic mass is 16.3. The van der Waals surface area contributed by atoms with E-state index in [1.165, 1.54) is 19.3 Å². The number of carbonyl (C=O) groups is 1. The Morgan fingerprint density at radius 2 is 1.95 bits per heavy atom. The quantitative estimate of drug-likeness (QED) is 0.634. The number of amides is 2. The first-order valence-corrected chi connectivity index (χ1v) is 7.41. The first-order chi connectivity index (χ1) is 8.79. The van der Waals surface area contributed by atoms with Gasteiger partial charge in [-0.2, -0.15) is 0 Å². The molecule has 0 atom stereocenters. The monoisotopic (exact) mass is 270 g/mol. The van der Waals surface area contributed by atoms with E-state index in [-0.39, 0.29) is 18.1 Å². The van der Waals surface area contributed by atoms with Gasteiger partial charge in [0.2, 0.25) is 0 Å². The molecule has 0 saturated heterocycles. The molecule has 1 fully saturated rings. The Labute approximate surface area is 117 Å². The Morgan fingerprint density at radius 1 is 1.32 bits per heavy atom. The molecule has 0 bridgehead atoms. The zero-order chi connectivity index (χ0) is 14.5. The Bertz CT molecular complexity index is 297. The molecule has 4 nitrogen and oxygen atoms in total. The lowest BCUT2D eigenvalue weighted by atomic mass is 9.90. The van der Waals surface area contributed by atoms with Crippen molar-refractivity contribution in [3.05, 3.63) is 0 Å². The number of hydrogen-bond donors (Lipinski definition) is 3. The molecule has 112 valence electrons. The van der Waals surface area contributed by atoms with Crippen LogP contribution < -0.4 is 10.6 Å². The predicted octanol–water partition coefficient (Wildman–Crippen LogP) is 2.52. The molecule has 0 aromatic rings. The molecule has 1 saturated carbocycles. The maximum absolute atomic E-state index is 11.8. The summed E-state index contributed by atoms with van der Waals surface area (Å²) in [4.78, 5) is 11.8. The molecule has 1 aliphatic rings. The summed E-state index contributed by atoms with van der Waals surface area (Å²) in [7, 11) is 0. The number of aliphatic hydroxyl groups is 1. The van der Waals surface area contributed by atoms with Crippen LogP contribution in [-0.2, 0) is 0 Å². The van der Waals surface area contributed by atoms with Crippen molar-refractivity contribution in [2.45, 2.75) is 53.4 Å². The highest BCUT2D eigenvalue weighted by Crippen LogP contribution is 2.49. The number of nitrogens with one attached hydrogen (secondary N) is 2. The second kappa shape index (κ2) is 6.60. The lowest BCUT2D eigenvalue weighted by Crippen LogP contribution is -2.43. The van der Waals surface area contributed by atoms with Gasteiger partial charge >= 0.3 is 6.03 Å². The number of urea groups is 1. The van der Waals surface area contributed by atoms with Crippen LogP contribution in [0.15, 0.2) is 0 Å². The Morgan fingerprint density at radius 3 is 2.42 bits per heavy atom. The van der Waals surface area contributed by atoms with E-state index in [1.807, 2.05) is 13.8 Å². The molecular weight excluding hydrogens is 240 g/mol. The molecule has 0 spiro atoms. The molecule has 0 aromatic carbocycles. The van der Waals surface area contributed by atoms with Gasteiger partial charge in [-0.05, 0) is 42.4 Å². The summed E-state index contributed by atoms with van der Waals surface area (Å²) in [5, 5.41) is 14.8. The second-order valence-corrected chi connectivity index (χ2v) is 7.27. The van der Waals surface area contributed by atoms with Gasteiger partial charge in [0.25, 0.3) is 0 Å². The fourth-order valence-corrected chi connectivity index (χ4v) is 2.54. The molecular formula is C15H30N2O2. The van der Waals surface area contributed by atoms with Crippen LogP contribution >= 0.6 is 0 Å². The first kappa shape index (κ1) is 16.3. The minimum absolute atomic E-state index is 0.0543. The predicted molar refractivity (Wildman–Crippen MR) is 78.0 cm³/mol. The van der Waals surface area contributed by atoms with Gasteiger partial charge in [0.1, 0.15) is 0 Å². The molecule has 4 heteroatoms. The van der Waals surface area contributed by atoms with E-state index in [4.69, 9.17) is 5.11 Å². The van der Waals surface area contributed by atoms with E-state index in [0.717, 1.165) is 6.54 Å². The van der Waals surface area contributed by atoms with Crippen LogP contribution in [0.1, 0.15) is 53.4 Å². The van der Waals surface area contributed by atoms with Gasteiger partial charge in [0, 0.05) is 19.7 Å².